The van der Waals surface area contributed by atoms with Gasteiger partial charge in [-0.25, -0.2) is 18.5 Å². The van der Waals surface area contributed by atoms with Crippen molar-refractivity contribution in [2.75, 3.05) is 0 Å². The van der Waals surface area contributed by atoms with E-state index in [4.69, 9.17) is 4.74 Å². The molecular formula is C18H23F2NO3. The first-order valence-corrected chi connectivity index (χ1v) is 7.90. The van der Waals surface area contributed by atoms with Gasteiger partial charge in [0.25, 0.3) is 5.91 Å². The topological polar surface area (TPSA) is 46.6 Å². The Balaban J connectivity index is 2.54. The lowest BCUT2D eigenvalue weighted by atomic mass is 9.77. The van der Waals surface area contributed by atoms with Crippen LogP contribution < -0.4 is 0 Å². The van der Waals surface area contributed by atoms with Gasteiger partial charge in [-0.1, -0.05) is 18.2 Å². The predicted molar refractivity (Wildman–Crippen MR) is 85.6 cm³/mol. The minimum absolute atomic E-state index is 0.101. The number of carbonyl (C=O) groups excluding carboxylic acids is 2. The average molecular weight is 339 g/mol. The van der Waals surface area contributed by atoms with Crippen molar-refractivity contribution in [3.63, 3.8) is 0 Å². The summed E-state index contributed by atoms with van der Waals surface area (Å²) < 4.78 is 34.2. The lowest BCUT2D eigenvalue weighted by Crippen LogP contribution is -2.61. The summed E-state index contributed by atoms with van der Waals surface area (Å²) in [6.45, 7) is 7.63. The van der Waals surface area contributed by atoms with Gasteiger partial charge in [0.15, 0.2) is 5.67 Å². The van der Waals surface area contributed by atoms with Crippen LogP contribution in [0.1, 0.15) is 53.0 Å². The number of ether oxygens (including phenoxy) is 1. The molecule has 0 aromatic heterocycles. The van der Waals surface area contributed by atoms with E-state index >= 15 is 0 Å². The van der Waals surface area contributed by atoms with E-state index in [0.29, 0.717) is 0 Å². The predicted octanol–water partition coefficient (Wildman–Crippen LogP) is 4.33. The van der Waals surface area contributed by atoms with E-state index in [1.807, 2.05) is 0 Å². The Morgan fingerprint density at radius 2 is 1.79 bits per heavy atom. The van der Waals surface area contributed by atoms with Crippen LogP contribution in [0.25, 0.3) is 0 Å². The fraction of sp³-hybridized carbons (Fsp3) is 0.556. The maximum absolute atomic E-state index is 14.6. The van der Waals surface area contributed by atoms with Crippen LogP contribution in [0, 0.1) is 5.82 Å². The Morgan fingerprint density at radius 3 is 2.33 bits per heavy atom. The maximum atomic E-state index is 14.6. The van der Waals surface area contributed by atoms with E-state index in [1.165, 1.54) is 18.2 Å². The van der Waals surface area contributed by atoms with Crippen LogP contribution in [0.15, 0.2) is 24.3 Å². The number of alkyl halides is 1. The summed E-state index contributed by atoms with van der Waals surface area (Å²) in [5, 5.41) is 0. The molecule has 2 amide bonds. The lowest BCUT2D eigenvalue weighted by molar-refractivity contribution is -0.155. The van der Waals surface area contributed by atoms with Crippen LogP contribution in [0.3, 0.4) is 0 Å². The molecule has 0 spiro atoms. The van der Waals surface area contributed by atoms with Gasteiger partial charge in [-0.05, 0) is 53.5 Å². The molecule has 2 atom stereocenters. The van der Waals surface area contributed by atoms with Gasteiger partial charge in [0, 0.05) is 5.56 Å². The fourth-order valence-electron chi connectivity index (χ4n) is 2.90. The molecule has 1 aromatic carbocycles. The second-order valence-electron chi connectivity index (χ2n) is 7.57. The third kappa shape index (κ3) is 3.28. The third-order valence-electron chi connectivity index (χ3n) is 4.25. The van der Waals surface area contributed by atoms with Gasteiger partial charge in [-0.3, -0.25) is 4.79 Å². The zero-order chi connectivity index (χ0) is 18.3. The zero-order valence-electron chi connectivity index (χ0n) is 14.7. The minimum Gasteiger partial charge on any atom is -0.443 e. The standard InChI is InChI=1S/C18H23F2NO3/c1-16(2,3)24-15(23)21-14(22)17(4,20)10-11-18(21,5)12-8-6-7-9-13(12)19/h6-9H,10-11H2,1-5H3/t17-,18+/m1/s1. The molecule has 1 aliphatic rings. The second-order valence-corrected chi connectivity index (χ2v) is 7.57. The highest BCUT2D eigenvalue weighted by atomic mass is 19.1. The number of imide groups is 1. The van der Waals surface area contributed by atoms with Gasteiger partial charge in [0.2, 0.25) is 0 Å². The first kappa shape index (κ1) is 18.4. The molecular weight excluding hydrogens is 316 g/mol. The van der Waals surface area contributed by atoms with Crippen LogP contribution in [0.5, 0.6) is 0 Å². The molecule has 6 heteroatoms. The van der Waals surface area contributed by atoms with Crippen molar-refractivity contribution in [2.45, 2.75) is 64.3 Å². The van der Waals surface area contributed by atoms with E-state index in [0.717, 1.165) is 11.8 Å². The van der Waals surface area contributed by atoms with E-state index in [1.54, 1.807) is 33.8 Å². The summed E-state index contributed by atoms with van der Waals surface area (Å²) in [5.74, 6) is -1.56. The molecule has 1 aliphatic heterocycles. The van der Waals surface area contributed by atoms with Gasteiger partial charge in [0.1, 0.15) is 11.4 Å². The number of amides is 2. The van der Waals surface area contributed by atoms with Crippen molar-refractivity contribution in [1.82, 2.24) is 4.90 Å². The smallest absolute Gasteiger partial charge is 0.417 e. The number of hydrogen-bond acceptors (Lipinski definition) is 3. The largest absolute Gasteiger partial charge is 0.443 e. The van der Waals surface area contributed by atoms with Crippen LogP contribution in [-0.2, 0) is 15.1 Å². The highest BCUT2D eigenvalue weighted by Gasteiger charge is 2.55. The first-order chi connectivity index (χ1) is 10.9. The number of carbonyl (C=O) groups is 2. The van der Waals surface area contributed by atoms with Crippen LogP contribution in [0.4, 0.5) is 13.6 Å². The Kier molecular flexibility index (Phi) is 4.46. The molecule has 0 radical (unpaired) electrons. The molecule has 4 nitrogen and oxygen atoms in total. The Morgan fingerprint density at radius 1 is 1.21 bits per heavy atom. The highest BCUT2D eigenvalue weighted by Crippen LogP contribution is 2.44. The van der Waals surface area contributed by atoms with Gasteiger partial charge >= 0.3 is 6.09 Å². The van der Waals surface area contributed by atoms with Crippen LogP contribution in [0.2, 0.25) is 0 Å². The number of piperidine rings is 1. The van der Waals surface area contributed by atoms with E-state index in [9.17, 15) is 18.4 Å². The molecule has 1 aromatic rings. The molecule has 2 rings (SSSR count). The molecule has 0 aliphatic carbocycles. The Bertz CT molecular complexity index is 666. The second kappa shape index (κ2) is 5.83. The van der Waals surface area contributed by atoms with Crippen LogP contribution >= 0.6 is 0 Å². The van der Waals surface area contributed by atoms with Crippen molar-refractivity contribution < 1.29 is 23.1 Å². The number of nitrogens with zero attached hydrogens (tertiary/aromatic N) is 1. The normalized spacial score (nSPS) is 28.0. The maximum Gasteiger partial charge on any atom is 0.417 e. The highest BCUT2D eigenvalue weighted by molar-refractivity contribution is 5.98. The molecule has 1 saturated heterocycles. The van der Waals surface area contributed by atoms with Crippen molar-refractivity contribution in [3.05, 3.63) is 35.6 Å². The van der Waals surface area contributed by atoms with Gasteiger partial charge in [0.05, 0.1) is 5.54 Å². The van der Waals surface area contributed by atoms with E-state index < -0.39 is 34.6 Å². The molecule has 0 unspecified atom stereocenters. The zero-order valence-corrected chi connectivity index (χ0v) is 14.7. The van der Waals surface area contributed by atoms with Crippen molar-refractivity contribution in [3.8, 4) is 0 Å². The number of halogens is 2. The Labute approximate surface area is 140 Å². The summed E-state index contributed by atoms with van der Waals surface area (Å²) in [6.07, 6.45) is -0.969. The summed E-state index contributed by atoms with van der Waals surface area (Å²) >= 11 is 0. The lowest BCUT2D eigenvalue weighted by Gasteiger charge is -2.47. The minimum atomic E-state index is -2.19. The third-order valence-corrected chi connectivity index (χ3v) is 4.25. The quantitative estimate of drug-likeness (QED) is 0.765. The van der Waals surface area contributed by atoms with E-state index in [-0.39, 0.29) is 18.4 Å². The SMILES string of the molecule is CC(C)(C)OC(=O)N1C(=O)[C@](C)(F)CC[C@@]1(C)c1ccccc1F. The number of benzene rings is 1. The molecule has 132 valence electrons. The summed E-state index contributed by atoms with van der Waals surface area (Å²) in [6, 6.07) is 5.89. The molecule has 1 heterocycles. The molecule has 0 N–H and O–H groups in total. The van der Waals surface area contributed by atoms with Crippen molar-refractivity contribution in [2.24, 2.45) is 0 Å². The van der Waals surface area contributed by atoms with Crippen LogP contribution in [-0.4, -0.2) is 28.2 Å². The summed E-state index contributed by atoms with van der Waals surface area (Å²) in [4.78, 5) is 25.9. The molecule has 1 fully saturated rings. The van der Waals surface area contributed by atoms with E-state index in [2.05, 4.69) is 0 Å². The summed E-state index contributed by atoms with van der Waals surface area (Å²) in [7, 11) is 0. The fourth-order valence-corrected chi connectivity index (χ4v) is 2.90. The van der Waals surface area contributed by atoms with Gasteiger partial charge in [-0.2, -0.15) is 0 Å². The molecule has 0 bridgehead atoms. The van der Waals surface area contributed by atoms with Crippen molar-refractivity contribution in [1.29, 1.82) is 0 Å². The summed E-state index contributed by atoms with van der Waals surface area (Å²) in [5.41, 5.74) is -4.20. The van der Waals surface area contributed by atoms with Gasteiger partial charge < -0.3 is 4.74 Å². The number of likely N-dealkylation sites (tertiary alicyclic amines) is 1. The van der Waals surface area contributed by atoms with Gasteiger partial charge in [-0.15, -0.1) is 0 Å². The Hall–Kier alpha value is -1.98. The average Bonchev–Trinajstić information content (AvgIpc) is 2.42. The molecule has 0 saturated carbocycles. The monoisotopic (exact) mass is 339 g/mol. The first-order valence-electron chi connectivity index (χ1n) is 7.90. The molecule has 24 heavy (non-hydrogen) atoms. The number of rotatable bonds is 1. The van der Waals surface area contributed by atoms with Crippen molar-refractivity contribution >= 4 is 12.0 Å². The number of hydrogen-bond donors (Lipinski definition) is 0.